The predicted molar refractivity (Wildman–Crippen MR) is 74.0 cm³/mol. The van der Waals surface area contributed by atoms with Gasteiger partial charge < -0.3 is 5.73 Å². The first-order valence-corrected chi connectivity index (χ1v) is 5.45. The van der Waals surface area contributed by atoms with Crippen molar-refractivity contribution in [1.82, 2.24) is 4.98 Å². The summed E-state index contributed by atoms with van der Waals surface area (Å²) in [5.74, 6) is 0. The second-order valence-electron chi connectivity index (χ2n) is 3.98. The number of aromatic nitrogens is 1. The third-order valence-corrected chi connectivity index (χ3v) is 2.70. The number of fused-ring (bicyclic) bond motifs is 1. The van der Waals surface area contributed by atoms with Crippen LogP contribution in [-0.2, 0) is 0 Å². The number of aryl methyl sites for hydroxylation is 1. The van der Waals surface area contributed by atoms with Gasteiger partial charge in [0.25, 0.3) is 0 Å². The fourth-order valence-corrected chi connectivity index (χ4v) is 1.75. The first-order valence-electron chi connectivity index (χ1n) is 5.45. The molecule has 2 aromatic rings. The second-order valence-corrected chi connectivity index (χ2v) is 3.98. The van der Waals surface area contributed by atoms with Crippen LogP contribution in [0.5, 0.6) is 0 Å². The van der Waals surface area contributed by atoms with Crippen LogP contribution in [0.25, 0.3) is 10.9 Å². The van der Waals surface area contributed by atoms with E-state index in [4.69, 9.17) is 5.73 Å². The molecule has 3 heteroatoms. The zero-order valence-electron chi connectivity index (χ0n) is 10.1. The zero-order chi connectivity index (χ0) is 12.4. The molecule has 0 spiro atoms. The minimum absolute atomic E-state index is 0.736. The summed E-state index contributed by atoms with van der Waals surface area (Å²) in [6, 6.07) is 5.92. The molecule has 0 fully saturated rings. The van der Waals surface area contributed by atoms with Gasteiger partial charge in [-0.15, -0.1) is 0 Å². The van der Waals surface area contributed by atoms with Crippen molar-refractivity contribution in [2.75, 3.05) is 5.73 Å². The third-order valence-electron chi connectivity index (χ3n) is 2.70. The van der Waals surface area contributed by atoms with Gasteiger partial charge in [0, 0.05) is 23.0 Å². The fraction of sp³-hybridized carbons (Fsp3) is 0.143. The number of hydrogen-bond acceptors (Lipinski definition) is 3. The summed E-state index contributed by atoms with van der Waals surface area (Å²) in [7, 11) is 0. The third kappa shape index (κ3) is 2.04. The Hall–Kier alpha value is -2.16. The highest BCUT2D eigenvalue weighted by Crippen LogP contribution is 2.32. The maximum atomic E-state index is 5.97. The molecule has 1 aromatic carbocycles. The molecule has 0 saturated carbocycles. The maximum Gasteiger partial charge on any atom is 0.0965 e. The van der Waals surface area contributed by atoms with Gasteiger partial charge in [-0.1, -0.05) is 18.7 Å². The van der Waals surface area contributed by atoms with Gasteiger partial charge in [-0.25, -0.2) is 0 Å². The number of aliphatic imine (C=N–C) groups is 1. The summed E-state index contributed by atoms with van der Waals surface area (Å²) >= 11 is 0. The molecular weight excluding hydrogens is 210 g/mol. The molecule has 0 saturated heterocycles. The van der Waals surface area contributed by atoms with Crippen molar-refractivity contribution in [3.8, 4) is 0 Å². The van der Waals surface area contributed by atoms with Crippen LogP contribution in [-0.4, -0.2) is 11.2 Å². The molecule has 3 nitrogen and oxygen atoms in total. The lowest BCUT2D eigenvalue weighted by molar-refractivity contribution is 1.25. The standard InChI is InChI=1S/C14H15N3/c1-4-7-16-13-10(3)12(15)8-11-6-5-9(2)17-14(11)13/h4-8H,1,15H2,2-3H3. The largest absolute Gasteiger partial charge is 0.398 e. The van der Waals surface area contributed by atoms with Crippen LogP contribution < -0.4 is 5.73 Å². The van der Waals surface area contributed by atoms with E-state index < -0.39 is 0 Å². The molecule has 1 aromatic heterocycles. The molecule has 17 heavy (non-hydrogen) atoms. The average molecular weight is 225 g/mol. The van der Waals surface area contributed by atoms with Crippen LogP contribution in [0.15, 0.2) is 35.8 Å². The van der Waals surface area contributed by atoms with Gasteiger partial charge in [0.15, 0.2) is 0 Å². The molecule has 2 N–H and O–H groups in total. The maximum absolute atomic E-state index is 5.97. The lowest BCUT2D eigenvalue weighted by Gasteiger charge is -2.08. The molecule has 0 bridgehead atoms. The Labute approximate surface area is 101 Å². The number of rotatable bonds is 2. The molecule has 0 aliphatic carbocycles. The fourth-order valence-electron chi connectivity index (χ4n) is 1.75. The van der Waals surface area contributed by atoms with E-state index >= 15 is 0 Å². The van der Waals surface area contributed by atoms with Crippen LogP contribution in [0.4, 0.5) is 11.4 Å². The molecule has 0 aliphatic heterocycles. The first-order chi connectivity index (χ1) is 8.13. The first kappa shape index (κ1) is 11.3. The van der Waals surface area contributed by atoms with E-state index in [-0.39, 0.29) is 0 Å². The molecule has 1 heterocycles. The Bertz CT molecular complexity index is 612. The Kier molecular flexibility index (Phi) is 2.91. The van der Waals surface area contributed by atoms with Gasteiger partial charge in [-0.2, -0.15) is 0 Å². The Morgan fingerprint density at radius 3 is 2.82 bits per heavy atom. The monoisotopic (exact) mass is 225 g/mol. The minimum Gasteiger partial charge on any atom is -0.398 e. The second kappa shape index (κ2) is 4.37. The number of nitrogen functional groups attached to an aromatic ring is 1. The summed E-state index contributed by atoms with van der Waals surface area (Å²) in [6.07, 6.45) is 3.30. The van der Waals surface area contributed by atoms with E-state index in [1.165, 1.54) is 0 Å². The van der Waals surface area contributed by atoms with Crippen molar-refractivity contribution in [1.29, 1.82) is 0 Å². The number of hydrogen-bond donors (Lipinski definition) is 1. The predicted octanol–water partition coefficient (Wildman–Crippen LogP) is 3.32. The molecule has 0 amide bonds. The van der Waals surface area contributed by atoms with Gasteiger partial charge in [0.2, 0.25) is 0 Å². The minimum atomic E-state index is 0.736. The number of nitrogens with two attached hydrogens (primary N) is 1. The van der Waals surface area contributed by atoms with E-state index in [0.717, 1.165) is 33.5 Å². The average Bonchev–Trinajstić information content (AvgIpc) is 2.31. The van der Waals surface area contributed by atoms with E-state index in [9.17, 15) is 0 Å². The molecule has 0 aliphatic rings. The number of allylic oxidation sites excluding steroid dienone is 1. The van der Waals surface area contributed by atoms with Crippen molar-refractivity contribution < 1.29 is 0 Å². The zero-order valence-corrected chi connectivity index (χ0v) is 10.1. The summed E-state index contributed by atoms with van der Waals surface area (Å²) in [6.45, 7) is 7.54. The van der Waals surface area contributed by atoms with Crippen LogP contribution in [0, 0.1) is 13.8 Å². The number of anilines is 1. The Balaban J connectivity index is 2.84. The number of nitrogens with zero attached hydrogens (tertiary/aromatic N) is 2. The summed E-state index contributed by atoms with van der Waals surface area (Å²) in [5.41, 5.74) is 10.3. The summed E-state index contributed by atoms with van der Waals surface area (Å²) in [4.78, 5) is 8.90. The topological polar surface area (TPSA) is 51.3 Å². The van der Waals surface area contributed by atoms with E-state index in [0.29, 0.717) is 0 Å². The van der Waals surface area contributed by atoms with E-state index in [2.05, 4.69) is 16.6 Å². The molecule has 0 radical (unpaired) electrons. The van der Waals surface area contributed by atoms with Gasteiger partial charge in [-0.3, -0.25) is 9.98 Å². The quantitative estimate of drug-likeness (QED) is 0.629. The normalized spacial score (nSPS) is 11.2. The van der Waals surface area contributed by atoms with Gasteiger partial charge in [0.05, 0.1) is 11.2 Å². The SMILES string of the molecule is C=CC=Nc1c(C)c(N)cc2ccc(C)nc12. The van der Waals surface area contributed by atoms with Crippen molar-refractivity contribution in [3.05, 3.63) is 42.1 Å². The lowest BCUT2D eigenvalue weighted by Crippen LogP contribution is -1.93. The molecule has 2 rings (SSSR count). The lowest BCUT2D eigenvalue weighted by atomic mass is 10.1. The van der Waals surface area contributed by atoms with Crippen LogP contribution in [0.2, 0.25) is 0 Å². The molecular formula is C14H15N3. The number of pyridine rings is 1. The van der Waals surface area contributed by atoms with Crippen LogP contribution >= 0.6 is 0 Å². The smallest absolute Gasteiger partial charge is 0.0965 e. The molecule has 0 unspecified atom stereocenters. The molecule has 86 valence electrons. The Morgan fingerprint density at radius 2 is 2.12 bits per heavy atom. The van der Waals surface area contributed by atoms with Crippen molar-refractivity contribution >= 4 is 28.5 Å². The van der Waals surface area contributed by atoms with Gasteiger partial charge in [-0.05, 0) is 31.5 Å². The van der Waals surface area contributed by atoms with E-state index in [1.807, 2.05) is 32.0 Å². The van der Waals surface area contributed by atoms with Crippen molar-refractivity contribution in [2.24, 2.45) is 4.99 Å². The highest BCUT2D eigenvalue weighted by molar-refractivity contribution is 5.96. The van der Waals surface area contributed by atoms with Gasteiger partial charge in [0.1, 0.15) is 0 Å². The summed E-state index contributed by atoms with van der Waals surface area (Å²) < 4.78 is 0. The Morgan fingerprint density at radius 1 is 1.35 bits per heavy atom. The molecule has 0 atom stereocenters. The van der Waals surface area contributed by atoms with Crippen LogP contribution in [0.3, 0.4) is 0 Å². The summed E-state index contributed by atoms with van der Waals surface area (Å²) in [5, 5.41) is 1.01. The van der Waals surface area contributed by atoms with Crippen LogP contribution in [0.1, 0.15) is 11.3 Å². The van der Waals surface area contributed by atoms with Gasteiger partial charge >= 0.3 is 0 Å². The number of benzene rings is 1. The van der Waals surface area contributed by atoms with E-state index in [1.54, 1.807) is 12.3 Å². The van der Waals surface area contributed by atoms with Crippen molar-refractivity contribution in [3.63, 3.8) is 0 Å². The highest BCUT2D eigenvalue weighted by atomic mass is 14.8. The highest BCUT2D eigenvalue weighted by Gasteiger charge is 2.08. The van der Waals surface area contributed by atoms with Crippen molar-refractivity contribution in [2.45, 2.75) is 13.8 Å².